The highest BCUT2D eigenvalue weighted by Crippen LogP contribution is 2.35. The highest BCUT2D eigenvalue weighted by Gasteiger charge is 2.40. The third-order valence-electron chi connectivity index (χ3n) is 4.67. The zero-order valence-corrected chi connectivity index (χ0v) is 15.4. The van der Waals surface area contributed by atoms with Crippen LogP contribution in [0.3, 0.4) is 0 Å². The minimum absolute atomic E-state index is 0.00969. The second-order valence-electron chi connectivity index (χ2n) is 6.62. The summed E-state index contributed by atoms with van der Waals surface area (Å²) >= 11 is 0. The number of hydrogen-bond acceptors (Lipinski definition) is 3. The Morgan fingerprint density at radius 3 is 2.21 bits per heavy atom. The van der Waals surface area contributed by atoms with Crippen molar-refractivity contribution in [3.05, 3.63) is 101 Å². The van der Waals surface area contributed by atoms with E-state index >= 15 is 0 Å². The molecular formula is C23H16F2N2O2. The molecule has 1 N–H and O–H groups in total. The molecule has 0 aliphatic carbocycles. The Balaban J connectivity index is 1.85. The van der Waals surface area contributed by atoms with Crippen LogP contribution in [0.4, 0.5) is 20.2 Å². The molecule has 0 bridgehead atoms. The van der Waals surface area contributed by atoms with E-state index in [9.17, 15) is 18.4 Å². The minimum atomic E-state index is -0.562. The molecule has 2 amide bonds. The minimum Gasteiger partial charge on any atom is -0.350 e. The van der Waals surface area contributed by atoms with Crippen LogP contribution in [0.2, 0.25) is 0 Å². The van der Waals surface area contributed by atoms with Gasteiger partial charge in [-0.15, -0.1) is 0 Å². The quantitative estimate of drug-likeness (QED) is 0.659. The number of nitrogens with one attached hydrogen (secondary N) is 1. The molecule has 0 unspecified atom stereocenters. The van der Waals surface area contributed by atoms with E-state index in [1.807, 2.05) is 6.07 Å². The molecule has 144 valence electrons. The van der Waals surface area contributed by atoms with Gasteiger partial charge in [-0.05, 0) is 54.4 Å². The Labute approximate surface area is 166 Å². The summed E-state index contributed by atoms with van der Waals surface area (Å²) in [5.41, 5.74) is 2.03. The fourth-order valence-corrected chi connectivity index (χ4v) is 3.27. The van der Waals surface area contributed by atoms with Gasteiger partial charge in [0.15, 0.2) is 0 Å². The van der Waals surface area contributed by atoms with E-state index in [-0.39, 0.29) is 11.3 Å². The van der Waals surface area contributed by atoms with E-state index in [0.717, 1.165) is 10.5 Å². The molecule has 0 saturated heterocycles. The van der Waals surface area contributed by atoms with Crippen molar-refractivity contribution in [3.63, 3.8) is 0 Å². The number of rotatable bonds is 4. The number of benzene rings is 3. The number of carbonyl (C=O) groups is 2. The third kappa shape index (κ3) is 3.40. The average molecular weight is 390 g/mol. The van der Waals surface area contributed by atoms with Crippen molar-refractivity contribution >= 4 is 28.8 Å². The SMILES string of the molecule is Cc1ccccc1N1C(=O)C(Nc2cccc(F)c2)=C(c2ccc(F)cc2)C1=O. The Hall–Kier alpha value is -3.80. The number of aryl methyl sites for hydroxylation is 1. The topological polar surface area (TPSA) is 49.4 Å². The Bertz CT molecular complexity index is 1150. The first-order valence-corrected chi connectivity index (χ1v) is 8.93. The summed E-state index contributed by atoms with van der Waals surface area (Å²) in [4.78, 5) is 27.6. The molecule has 1 aliphatic rings. The van der Waals surface area contributed by atoms with Gasteiger partial charge < -0.3 is 5.32 Å². The molecule has 1 aliphatic heterocycles. The fraction of sp³-hybridized carbons (Fsp3) is 0.0435. The van der Waals surface area contributed by atoms with Gasteiger partial charge in [0.25, 0.3) is 11.8 Å². The molecule has 4 rings (SSSR count). The number of halogens is 2. The summed E-state index contributed by atoms with van der Waals surface area (Å²) in [5, 5.41) is 2.88. The molecule has 0 radical (unpaired) electrons. The highest BCUT2D eigenvalue weighted by atomic mass is 19.1. The number of imide groups is 1. The first-order valence-electron chi connectivity index (χ1n) is 8.93. The smallest absolute Gasteiger partial charge is 0.282 e. The maximum atomic E-state index is 13.6. The molecule has 3 aromatic carbocycles. The summed E-state index contributed by atoms with van der Waals surface area (Å²) in [5.74, 6) is -2.03. The maximum Gasteiger partial charge on any atom is 0.282 e. The molecule has 3 aromatic rings. The number of carbonyl (C=O) groups excluding carboxylic acids is 2. The molecule has 6 heteroatoms. The lowest BCUT2D eigenvalue weighted by Crippen LogP contribution is -2.33. The number of hydrogen-bond donors (Lipinski definition) is 1. The van der Waals surface area contributed by atoms with Crippen molar-refractivity contribution in [1.29, 1.82) is 0 Å². The van der Waals surface area contributed by atoms with Gasteiger partial charge in [-0.3, -0.25) is 9.59 Å². The summed E-state index contributed by atoms with van der Waals surface area (Å²) in [6.45, 7) is 1.80. The van der Waals surface area contributed by atoms with Gasteiger partial charge in [0.1, 0.15) is 17.3 Å². The number of anilines is 2. The molecule has 0 saturated carbocycles. The van der Waals surface area contributed by atoms with E-state index in [1.54, 1.807) is 31.2 Å². The first-order chi connectivity index (χ1) is 14.0. The van der Waals surface area contributed by atoms with Crippen molar-refractivity contribution in [1.82, 2.24) is 0 Å². The predicted molar refractivity (Wildman–Crippen MR) is 107 cm³/mol. The molecule has 0 atom stereocenters. The zero-order chi connectivity index (χ0) is 20.5. The standard InChI is InChI=1S/C23H16F2N2O2/c1-14-5-2-3-8-19(14)27-22(28)20(15-9-11-16(24)12-10-15)21(23(27)29)26-18-7-4-6-17(25)13-18/h2-13,26H,1H3. The van der Waals surface area contributed by atoms with Crippen molar-refractivity contribution in [3.8, 4) is 0 Å². The van der Waals surface area contributed by atoms with Gasteiger partial charge >= 0.3 is 0 Å². The van der Waals surface area contributed by atoms with Crippen molar-refractivity contribution in [2.24, 2.45) is 0 Å². The van der Waals surface area contributed by atoms with Crippen molar-refractivity contribution in [2.75, 3.05) is 10.2 Å². The first kappa shape index (κ1) is 18.6. The fourth-order valence-electron chi connectivity index (χ4n) is 3.27. The molecule has 0 fully saturated rings. The normalized spacial score (nSPS) is 14.0. The summed E-state index contributed by atoms with van der Waals surface area (Å²) in [6, 6.07) is 17.9. The average Bonchev–Trinajstić information content (AvgIpc) is 2.93. The molecule has 1 heterocycles. The van der Waals surface area contributed by atoms with Crippen LogP contribution in [-0.2, 0) is 9.59 Å². The van der Waals surface area contributed by atoms with E-state index in [0.29, 0.717) is 16.9 Å². The van der Waals surface area contributed by atoms with Crippen LogP contribution in [0.1, 0.15) is 11.1 Å². The van der Waals surface area contributed by atoms with Gasteiger partial charge in [-0.2, -0.15) is 0 Å². The number of para-hydroxylation sites is 1. The largest absolute Gasteiger partial charge is 0.350 e. The Kier molecular flexibility index (Phi) is 4.68. The molecular weight excluding hydrogens is 374 g/mol. The monoisotopic (exact) mass is 390 g/mol. The van der Waals surface area contributed by atoms with Gasteiger partial charge in [-0.1, -0.05) is 36.4 Å². The van der Waals surface area contributed by atoms with Crippen LogP contribution in [0, 0.1) is 18.6 Å². The summed E-state index contributed by atoms with van der Waals surface area (Å²) in [6.07, 6.45) is 0. The molecule has 0 spiro atoms. The van der Waals surface area contributed by atoms with Crippen LogP contribution < -0.4 is 10.2 Å². The second kappa shape index (κ2) is 7.31. The molecule has 4 nitrogen and oxygen atoms in total. The summed E-state index contributed by atoms with van der Waals surface area (Å²) < 4.78 is 27.0. The van der Waals surface area contributed by atoms with Gasteiger partial charge in [-0.25, -0.2) is 13.7 Å². The zero-order valence-electron chi connectivity index (χ0n) is 15.4. The predicted octanol–water partition coefficient (Wildman–Crippen LogP) is 4.67. The van der Waals surface area contributed by atoms with Gasteiger partial charge in [0.2, 0.25) is 0 Å². The Morgan fingerprint density at radius 1 is 0.793 bits per heavy atom. The third-order valence-corrected chi connectivity index (χ3v) is 4.67. The van der Waals surface area contributed by atoms with E-state index in [1.165, 1.54) is 42.5 Å². The van der Waals surface area contributed by atoms with Crippen LogP contribution in [0.5, 0.6) is 0 Å². The summed E-state index contributed by atoms with van der Waals surface area (Å²) in [7, 11) is 0. The molecule has 29 heavy (non-hydrogen) atoms. The Morgan fingerprint density at radius 2 is 1.52 bits per heavy atom. The highest BCUT2D eigenvalue weighted by molar-refractivity contribution is 6.46. The molecule has 0 aromatic heterocycles. The van der Waals surface area contributed by atoms with Crippen LogP contribution >= 0.6 is 0 Å². The number of nitrogens with zero attached hydrogens (tertiary/aromatic N) is 1. The maximum absolute atomic E-state index is 13.6. The van der Waals surface area contributed by atoms with E-state index < -0.39 is 23.4 Å². The second-order valence-corrected chi connectivity index (χ2v) is 6.62. The van der Waals surface area contributed by atoms with E-state index in [2.05, 4.69) is 5.32 Å². The van der Waals surface area contributed by atoms with E-state index in [4.69, 9.17) is 0 Å². The van der Waals surface area contributed by atoms with Gasteiger partial charge in [0.05, 0.1) is 11.3 Å². The van der Waals surface area contributed by atoms with Crippen molar-refractivity contribution < 1.29 is 18.4 Å². The van der Waals surface area contributed by atoms with Crippen LogP contribution in [0.15, 0.2) is 78.5 Å². The lowest BCUT2D eigenvalue weighted by Gasteiger charge is -2.17. The van der Waals surface area contributed by atoms with Crippen molar-refractivity contribution in [2.45, 2.75) is 6.92 Å². The van der Waals surface area contributed by atoms with Gasteiger partial charge in [0, 0.05) is 5.69 Å². The lowest BCUT2D eigenvalue weighted by molar-refractivity contribution is -0.120. The van der Waals surface area contributed by atoms with Crippen LogP contribution in [0.25, 0.3) is 5.57 Å². The lowest BCUT2D eigenvalue weighted by atomic mass is 10.0. The number of amides is 2. The van der Waals surface area contributed by atoms with Crippen LogP contribution in [-0.4, -0.2) is 11.8 Å².